The maximum atomic E-state index is 10.6. The summed E-state index contributed by atoms with van der Waals surface area (Å²) in [5, 5.41) is 0. The highest BCUT2D eigenvalue weighted by atomic mass is 32.3. The highest BCUT2D eigenvalue weighted by Gasteiger charge is 2.13. The summed E-state index contributed by atoms with van der Waals surface area (Å²) in [6.45, 7) is -1.55. The zero-order chi connectivity index (χ0) is 25.9. The summed E-state index contributed by atoms with van der Waals surface area (Å²) < 4.78 is 94.5. The molecule has 2 aromatic rings. The Morgan fingerprint density at radius 3 is 1.40 bits per heavy atom. The summed E-state index contributed by atoms with van der Waals surface area (Å²) in [7, 11) is -9.26. The van der Waals surface area contributed by atoms with Crippen LogP contribution in [0.15, 0.2) is 36.4 Å². The Balaban J connectivity index is 2.16. The maximum Gasteiger partial charge on any atom is 0.397 e. The first-order valence-electron chi connectivity index (χ1n) is 9.21. The molecule has 0 saturated heterocycles. The predicted molar refractivity (Wildman–Crippen MR) is 118 cm³/mol. The molecule has 0 aliphatic carbocycles. The molecule has 0 aliphatic heterocycles. The van der Waals surface area contributed by atoms with Crippen LogP contribution in [0.4, 0.5) is 0 Å². The van der Waals surface area contributed by atoms with Crippen LogP contribution in [0.25, 0.3) is 0 Å². The Morgan fingerprint density at radius 1 is 0.657 bits per heavy atom. The first-order valence-corrected chi connectivity index (χ1v) is 11.9. The van der Waals surface area contributed by atoms with E-state index in [1.807, 2.05) is 12.2 Å². The van der Waals surface area contributed by atoms with Crippen LogP contribution in [-0.2, 0) is 29.2 Å². The second-order valence-corrected chi connectivity index (χ2v) is 8.14. The number of ether oxygens (including phenoxy) is 5. The van der Waals surface area contributed by atoms with E-state index in [-0.39, 0.29) is 47.7 Å². The summed E-state index contributed by atoms with van der Waals surface area (Å²) >= 11 is 0. The SMILES string of the molecule is C#COc1ccc(Oc2ccc(OC#C)c(OCCOS(=O)(=O)O)c2)cc1OCCOS(=O)(=O)O. The van der Waals surface area contributed by atoms with E-state index >= 15 is 0 Å². The molecule has 15 heteroatoms. The zero-order valence-electron chi connectivity index (χ0n) is 17.6. The largest absolute Gasteiger partial charge is 0.487 e. The van der Waals surface area contributed by atoms with Gasteiger partial charge in [0, 0.05) is 12.1 Å². The van der Waals surface area contributed by atoms with Gasteiger partial charge < -0.3 is 23.7 Å². The van der Waals surface area contributed by atoms with Crippen LogP contribution in [0, 0.1) is 25.1 Å². The molecule has 0 bridgehead atoms. The van der Waals surface area contributed by atoms with Gasteiger partial charge >= 0.3 is 20.8 Å². The molecule has 13 nitrogen and oxygen atoms in total. The second-order valence-electron chi connectivity index (χ2n) is 5.96. The molecule has 0 unspecified atom stereocenters. The lowest BCUT2D eigenvalue weighted by atomic mass is 10.2. The molecule has 2 N–H and O–H groups in total. The molecule has 0 fully saturated rings. The average molecular weight is 530 g/mol. The van der Waals surface area contributed by atoms with Crippen molar-refractivity contribution in [2.75, 3.05) is 26.4 Å². The first-order chi connectivity index (χ1) is 16.5. The van der Waals surface area contributed by atoms with Crippen LogP contribution in [0.1, 0.15) is 0 Å². The highest BCUT2D eigenvalue weighted by Crippen LogP contribution is 2.37. The van der Waals surface area contributed by atoms with Gasteiger partial charge in [-0.15, -0.1) is 0 Å². The quantitative estimate of drug-likeness (QED) is 0.206. The molecule has 0 saturated carbocycles. The lowest BCUT2D eigenvalue weighted by Crippen LogP contribution is -2.12. The zero-order valence-corrected chi connectivity index (χ0v) is 19.3. The van der Waals surface area contributed by atoms with Crippen LogP contribution in [0.5, 0.6) is 34.5 Å². The monoisotopic (exact) mass is 530 g/mol. The highest BCUT2D eigenvalue weighted by molar-refractivity contribution is 7.81. The van der Waals surface area contributed by atoms with Gasteiger partial charge in [-0.05, 0) is 24.3 Å². The lowest BCUT2D eigenvalue weighted by Gasteiger charge is -2.14. The van der Waals surface area contributed by atoms with Crippen molar-refractivity contribution in [3.63, 3.8) is 0 Å². The van der Waals surface area contributed by atoms with Crippen LogP contribution >= 0.6 is 0 Å². The third kappa shape index (κ3) is 10.4. The van der Waals surface area contributed by atoms with Gasteiger partial charge in [-0.25, -0.2) is 8.37 Å². The van der Waals surface area contributed by atoms with Crippen molar-refractivity contribution in [3.05, 3.63) is 36.4 Å². The number of hydrogen-bond acceptors (Lipinski definition) is 11. The van der Waals surface area contributed by atoms with E-state index in [0.29, 0.717) is 0 Å². The molecule has 0 amide bonds. The number of rotatable bonds is 14. The Kier molecular flexibility index (Phi) is 9.98. The van der Waals surface area contributed by atoms with Crippen LogP contribution in [0.2, 0.25) is 0 Å². The molecule has 2 aromatic carbocycles. The first kappa shape index (κ1) is 27.5. The molecule has 35 heavy (non-hydrogen) atoms. The van der Waals surface area contributed by atoms with Gasteiger partial charge in [0.2, 0.25) is 0 Å². The Morgan fingerprint density at radius 2 is 1.06 bits per heavy atom. The minimum atomic E-state index is -4.63. The van der Waals surface area contributed by atoms with E-state index in [9.17, 15) is 16.8 Å². The van der Waals surface area contributed by atoms with E-state index in [0.717, 1.165) is 0 Å². The predicted octanol–water partition coefficient (Wildman–Crippen LogP) is 1.81. The van der Waals surface area contributed by atoms with Gasteiger partial charge in [0.1, 0.15) is 50.1 Å². The van der Waals surface area contributed by atoms with Crippen molar-refractivity contribution < 1.29 is 58.0 Å². The van der Waals surface area contributed by atoms with Crippen LogP contribution in [0.3, 0.4) is 0 Å². The van der Waals surface area contributed by atoms with Gasteiger partial charge in [0.15, 0.2) is 23.0 Å². The molecule has 0 heterocycles. The van der Waals surface area contributed by atoms with E-state index in [2.05, 4.69) is 8.37 Å². The number of hydrogen-bond donors (Lipinski definition) is 2. The summed E-state index contributed by atoms with van der Waals surface area (Å²) in [5.41, 5.74) is 0. The van der Waals surface area contributed by atoms with Gasteiger partial charge in [0.05, 0.1) is 0 Å². The fraction of sp³-hybridized carbons (Fsp3) is 0.200. The van der Waals surface area contributed by atoms with Crippen molar-refractivity contribution in [1.29, 1.82) is 0 Å². The minimum Gasteiger partial charge on any atom is -0.487 e. The fourth-order valence-electron chi connectivity index (χ4n) is 2.34. The molecule has 0 spiro atoms. The summed E-state index contributed by atoms with van der Waals surface area (Å²) in [5.74, 6) is 0.841. The van der Waals surface area contributed by atoms with E-state index in [4.69, 9.17) is 45.6 Å². The molecular formula is C20H18O13S2. The van der Waals surface area contributed by atoms with Crippen molar-refractivity contribution in [1.82, 2.24) is 0 Å². The molecule has 2 rings (SSSR count). The standard InChI is InChI=1S/C20H18O13S2/c1-3-27-17-7-5-15(13-19(17)29-9-11-31-34(21,22)23)33-16-6-8-18(28-4-2)20(14-16)30-10-12-32-35(24,25)26/h1-2,5-8,13-14H,9-12H2,(H,21,22,23)(H,24,25,26). The van der Waals surface area contributed by atoms with Crippen molar-refractivity contribution in [3.8, 4) is 59.6 Å². The van der Waals surface area contributed by atoms with Gasteiger partial charge in [-0.1, -0.05) is 12.8 Å². The molecule has 0 atom stereocenters. The van der Waals surface area contributed by atoms with Crippen molar-refractivity contribution in [2.24, 2.45) is 0 Å². The Hall–Kier alpha value is -3.70. The maximum absolute atomic E-state index is 10.6. The topological polar surface area (TPSA) is 173 Å². The summed E-state index contributed by atoms with van der Waals surface area (Å²) in [6, 6.07) is 8.59. The second kappa shape index (κ2) is 12.7. The Labute approximate surface area is 201 Å². The van der Waals surface area contributed by atoms with Gasteiger partial charge in [-0.2, -0.15) is 16.8 Å². The van der Waals surface area contributed by atoms with Gasteiger partial charge in [0.25, 0.3) is 0 Å². The van der Waals surface area contributed by atoms with Crippen LogP contribution in [-0.4, -0.2) is 52.4 Å². The third-order valence-electron chi connectivity index (χ3n) is 3.55. The normalized spacial score (nSPS) is 11.1. The molecular weight excluding hydrogens is 512 g/mol. The van der Waals surface area contributed by atoms with E-state index in [1.54, 1.807) is 0 Å². The molecule has 0 radical (unpaired) electrons. The van der Waals surface area contributed by atoms with Crippen molar-refractivity contribution in [2.45, 2.75) is 0 Å². The van der Waals surface area contributed by atoms with E-state index in [1.165, 1.54) is 36.4 Å². The smallest absolute Gasteiger partial charge is 0.397 e. The summed E-state index contributed by atoms with van der Waals surface area (Å²) in [4.78, 5) is 0. The molecule has 0 aliphatic rings. The fourth-order valence-corrected chi connectivity index (χ4v) is 2.90. The van der Waals surface area contributed by atoms with Crippen LogP contribution < -0.4 is 23.7 Å². The number of benzene rings is 2. The molecule has 0 aromatic heterocycles. The Bertz CT molecular complexity index is 1200. The third-order valence-corrected chi connectivity index (χ3v) is 4.48. The number of terminal acetylenes is 2. The average Bonchev–Trinajstić information content (AvgIpc) is 2.76. The van der Waals surface area contributed by atoms with Crippen molar-refractivity contribution >= 4 is 20.8 Å². The van der Waals surface area contributed by atoms with E-state index < -0.39 is 34.0 Å². The molecule has 188 valence electrons. The minimum absolute atomic E-state index is 0.0745. The van der Waals surface area contributed by atoms with Gasteiger partial charge in [-0.3, -0.25) is 9.11 Å². The lowest BCUT2D eigenvalue weighted by molar-refractivity contribution is 0.198. The summed E-state index contributed by atoms with van der Waals surface area (Å²) in [6.07, 6.45) is 14.2.